The van der Waals surface area contributed by atoms with Crippen LogP contribution >= 0.6 is 0 Å². The second kappa shape index (κ2) is 5.33. The van der Waals surface area contributed by atoms with Crippen molar-refractivity contribution in [3.05, 3.63) is 35.4 Å². The largest absolute Gasteiger partial charge is 0.460 e. The highest BCUT2D eigenvalue weighted by Crippen LogP contribution is 2.35. The summed E-state index contributed by atoms with van der Waals surface area (Å²) in [5.74, 6) is -0.268. The van der Waals surface area contributed by atoms with Crippen LogP contribution in [0.5, 0.6) is 0 Å². The molecular weight excluding hydrogens is 238 g/mol. The van der Waals surface area contributed by atoms with Crippen molar-refractivity contribution >= 4 is 5.97 Å². The van der Waals surface area contributed by atoms with E-state index in [0.29, 0.717) is 0 Å². The monoisotopic (exact) mass is 263 g/mol. The molecule has 1 aromatic rings. The predicted molar refractivity (Wildman–Crippen MR) is 77.7 cm³/mol. The lowest BCUT2D eigenvalue weighted by atomic mass is 9.79. The maximum atomic E-state index is 12.3. The minimum atomic E-state index is -0.764. The van der Waals surface area contributed by atoms with Gasteiger partial charge in [0, 0.05) is 6.04 Å². The smallest absolute Gasteiger partial charge is 0.313 e. The summed E-state index contributed by atoms with van der Waals surface area (Å²) in [6.07, 6.45) is 0. The Balaban J connectivity index is 3.00. The van der Waals surface area contributed by atoms with Gasteiger partial charge in [-0.1, -0.05) is 24.3 Å². The molecule has 0 unspecified atom stereocenters. The molecule has 1 rings (SSSR count). The first-order chi connectivity index (χ1) is 8.55. The lowest BCUT2D eigenvalue weighted by molar-refractivity contribution is -0.167. The average molecular weight is 263 g/mol. The van der Waals surface area contributed by atoms with Crippen LogP contribution in [0.3, 0.4) is 0 Å². The molecule has 3 nitrogen and oxygen atoms in total. The zero-order valence-electron chi connectivity index (χ0n) is 12.8. The van der Waals surface area contributed by atoms with E-state index in [2.05, 4.69) is 0 Å². The molecule has 3 heteroatoms. The summed E-state index contributed by atoms with van der Waals surface area (Å²) >= 11 is 0. The first-order valence-electron chi connectivity index (χ1n) is 6.60. The van der Waals surface area contributed by atoms with Gasteiger partial charge in [-0.05, 0) is 52.7 Å². The number of carbonyl (C=O) groups excluding carboxylic acids is 1. The van der Waals surface area contributed by atoms with E-state index < -0.39 is 11.0 Å². The number of aryl methyl sites for hydroxylation is 1. The molecule has 0 amide bonds. The van der Waals surface area contributed by atoms with Gasteiger partial charge in [0.05, 0.1) is 5.41 Å². The van der Waals surface area contributed by atoms with Crippen LogP contribution in [-0.2, 0) is 9.53 Å². The number of hydrogen-bond donors (Lipinski definition) is 1. The number of benzene rings is 1. The summed E-state index contributed by atoms with van der Waals surface area (Å²) in [5, 5.41) is 0. The molecule has 0 bridgehead atoms. The van der Waals surface area contributed by atoms with Crippen molar-refractivity contribution in [2.45, 2.75) is 53.2 Å². The van der Waals surface area contributed by atoms with Crippen LogP contribution in [0.2, 0.25) is 0 Å². The summed E-state index contributed by atoms with van der Waals surface area (Å²) in [7, 11) is 0. The van der Waals surface area contributed by atoms with Crippen LogP contribution in [-0.4, -0.2) is 11.6 Å². The molecule has 2 N–H and O–H groups in total. The van der Waals surface area contributed by atoms with Crippen molar-refractivity contribution in [3.63, 3.8) is 0 Å². The number of rotatable bonds is 3. The average Bonchev–Trinajstić information content (AvgIpc) is 2.26. The van der Waals surface area contributed by atoms with Gasteiger partial charge >= 0.3 is 5.97 Å². The molecule has 0 aliphatic carbocycles. The van der Waals surface area contributed by atoms with Gasteiger partial charge < -0.3 is 10.5 Å². The molecule has 1 atom stereocenters. The first-order valence-corrected chi connectivity index (χ1v) is 6.60. The molecule has 106 valence electrons. The SMILES string of the molecule is Cc1ccccc1[C@@H](N)C(C)(C)C(=O)OC(C)(C)C. The van der Waals surface area contributed by atoms with Gasteiger partial charge in [-0.25, -0.2) is 0 Å². The molecule has 0 radical (unpaired) electrons. The molecule has 0 aliphatic heterocycles. The van der Waals surface area contributed by atoms with Gasteiger partial charge in [-0.3, -0.25) is 4.79 Å². The van der Waals surface area contributed by atoms with Crippen LogP contribution in [0, 0.1) is 12.3 Å². The maximum absolute atomic E-state index is 12.3. The molecular formula is C16H25NO2. The molecule has 0 heterocycles. The molecule has 1 aromatic carbocycles. The van der Waals surface area contributed by atoms with Gasteiger partial charge in [0.1, 0.15) is 5.60 Å². The molecule has 0 fully saturated rings. The molecule has 0 aromatic heterocycles. The van der Waals surface area contributed by atoms with Crippen molar-refractivity contribution in [2.24, 2.45) is 11.1 Å². The van der Waals surface area contributed by atoms with Crippen molar-refractivity contribution in [3.8, 4) is 0 Å². The number of hydrogen-bond acceptors (Lipinski definition) is 3. The number of nitrogens with two attached hydrogens (primary N) is 1. The van der Waals surface area contributed by atoms with Crippen LogP contribution in [0.4, 0.5) is 0 Å². The standard InChI is InChI=1S/C16H25NO2/c1-11-9-7-8-10-12(11)13(17)16(5,6)14(18)19-15(2,3)4/h7-10,13H,17H2,1-6H3/t13-/m1/s1. The predicted octanol–water partition coefficient (Wildman–Crippen LogP) is 3.36. The summed E-state index contributed by atoms with van der Waals surface area (Å²) in [6, 6.07) is 7.48. The van der Waals surface area contributed by atoms with Crippen LogP contribution in [0.25, 0.3) is 0 Å². The molecule has 0 saturated heterocycles. The Morgan fingerprint density at radius 3 is 2.16 bits per heavy atom. The quantitative estimate of drug-likeness (QED) is 0.851. The van der Waals surface area contributed by atoms with Gasteiger partial charge in [-0.2, -0.15) is 0 Å². The highest BCUT2D eigenvalue weighted by atomic mass is 16.6. The van der Waals surface area contributed by atoms with E-state index in [4.69, 9.17) is 10.5 Å². The molecule has 0 saturated carbocycles. The Morgan fingerprint density at radius 2 is 1.68 bits per heavy atom. The Labute approximate surface area is 116 Å². The van der Waals surface area contributed by atoms with Gasteiger partial charge in [0.2, 0.25) is 0 Å². The van der Waals surface area contributed by atoms with E-state index in [0.717, 1.165) is 11.1 Å². The minimum absolute atomic E-state index is 0.268. The van der Waals surface area contributed by atoms with Crippen molar-refractivity contribution < 1.29 is 9.53 Å². The lowest BCUT2D eigenvalue weighted by Gasteiger charge is -2.33. The second-order valence-electron chi connectivity index (χ2n) is 6.56. The first kappa shape index (κ1) is 15.7. The highest BCUT2D eigenvalue weighted by Gasteiger charge is 2.39. The molecule has 19 heavy (non-hydrogen) atoms. The lowest BCUT2D eigenvalue weighted by Crippen LogP contribution is -2.41. The van der Waals surface area contributed by atoms with Crippen LogP contribution < -0.4 is 5.73 Å². The summed E-state index contributed by atoms with van der Waals surface area (Å²) in [4.78, 5) is 12.3. The summed E-state index contributed by atoms with van der Waals surface area (Å²) in [5.41, 5.74) is 7.10. The maximum Gasteiger partial charge on any atom is 0.313 e. The Bertz CT molecular complexity index is 458. The number of ether oxygens (including phenoxy) is 1. The fourth-order valence-corrected chi connectivity index (χ4v) is 1.86. The van der Waals surface area contributed by atoms with Crippen molar-refractivity contribution in [2.75, 3.05) is 0 Å². The third-order valence-corrected chi connectivity index (χ3v) is 3.23. The van der Waals surface area contributed by atoms with E-state index >= 15 is 0 Å². The summed E-state index contributed by atoms with van der Waals surface area (Å²) in [6.45, 7) is 11.2. The normalized spacial score (nSPS) is 14.1. The van der Waals surface area contributed by atoms with E-state index in [1.165, 1.54) is 0 Å². The molecule has 0 aliphatic rings. The second-order valence-corrected chi connectivity index (χ2v) is 6.56. The topological polar surface area (TPSA) is 52.3 Å². The van der Waals surface area contributed by atoms with Gasteiger partial charge in [0.15, 0.2) is 0 Å². The Morgan fingerprint density at radius 1 is 1.16 bits per heavy atom. The third-order valence-electron chi connectivity index (χ3n) is 3.23. The Kier molecular flexibility index (Phi) is 4.41. The fraction of sp³-hybridized carbons (Fsp3) is 0.562. The number of esters is 1. The summed E-state index contributed by atoms with van der Waals surface area (Å²) < 4.78 is 5.47. The van der Waals surface area contributed by atoms with Crippen molar-refractivity contribution in [1.29, 1.82) is 0 Å². The van der Waals surface area contributed by atoms with Gasteiger partial charge in [-0.15, -0.1) is 0 Å². The van der Waals surface area contributed by atoms with Crippen LogP contribution in [0.15, 0.2) is 24.3 Å². The van der Waals surface area contributed by atoms with Gasteiger partial charge in [0.25, 0.3) is 0 Å². The number of carbonyl (C=O) groups is 1. The minimum Gasteiger partial charge on any atom is -0.460 e. The van der Waals surface area contributed by atoms with E-state index in [1.807, 2.05) is 65.8 Å². The fourth-order valence-electron chi connectivity index (χ4n) is 1.86. The van der Waals surface area contributed by atoms with E-state index in [9.17, 15) is 4.79 Å². The van der Waals surface area contributed by atoms with Crippen molar-refractivity contribution in [1.82, 2.24) is 0 Å². The van der Waals surface area contributed by atoms with E-state index in [-0.39, 0.29) is 12.0 Å². The Hall–Kier alpha value is -1.35. The highest BCUT2D eigenvalue weighted by molar-refractivity contribution is 5.77. The molecule has 0 spiro atoms. The van der Waals surface area contributed by atoms with Crippen LogP contribution in [0.1, 0.15) is 51.8 Å². The zero-order valence-corrected chi connectivity index (χ0v) is 12.8. The zero-order chi connectivity index (χ0) is 14.8. The van der Waals surface area contributed by atoms with E-state index in [1.54, 1.807) is 0 Å². The third kappa shape index (κ3) is 3.80.